The van der Waals surface area contributed by atoms with Crippen molar-refractivity contribution in [2.75, 3.05) is 13.2 Å². The summed E-state index contributed by atoms with van der Waals surface area (Å²) in [5, 5.41) is 23.6. The van der Waals surface area contributed by atoms with Gasteiger partial charge in [0.05, 0.1) is 18.8 Å². The molecule has 2 atom stereocenters. The van der Waals surface area contributed by atoms with Crippen LogP contribution in [0.1, 0.15) is 194 Å². The summed E-state index contributed by atoms with van der Waals surface area (Å²) in [6.07, 6.45) is 41.2. The molecule has 0 aliphatic rings. The molecule has 3 N–H and O–H groups in total. The number of unbranched alkanes of at least 4 members (excludes halogenated alkanes) is 24. The average molecular weight is 552 g/mol. The molecule has 0 spiro atoms. The molecule has 0 fully saturated rings. The number of allylic oxidation sites excluding steroid dienone is 2. The van der Waals surface area contributed by atoms with Crippen LogP contribution in [0.4, 0.5) is 0 Å². The summed E-state index contributed by atoms with van der Waals surface area (Å²) in [5.74, 6) is 0. The zero-order chi connectivity index (χ0) is 28.5. The Labute approximate surface area is 246 Å². The van der Waals surface area contributed by atoms with E-state index in [1.807, 2.05) is 0 Å². The molecule has 0 radical (unpaired) electrons. The van der Waals surface area contributed by atoms with Gasteiger partial charge in [-0.3, -0.25) is 0 Å². The topological polar surface area (TPSA) is 52.5 Å². The third-order valence-corrected chi connectivity index (χ3v) is 8.36. The molecule has 0 unspecified atom stereocenters. The van der Waals surface area contributed by atoms with Gasteiger partial charge in [-0.05, 0) is 45.1 Å². The third-order valence-electron chi connectivity index (χ3n) is 8.36. The van der Waals surface area contributed by atoms with Crippen LogP contribution in [0.3, 0.4) is 0 Å². The second-order valence-electron chi connectivity index (χ2n) is 12.3. The van der Waals surface area contributed by atoms with E-state index in [1.165, 1.54) is 161 Å². The molecular weight excluding hydrogens is 478 g/mol. The number of rotatable bonds is 33. The zero-order valence-electron chi connectivity index (χ0n) is 26.9. The maximum atomic E-state index is 10.5. The molecule has 0 saturated carbocycles. The lowest BCUT2D eigenvalue weighted by atomic mass is 10.0. The van der Waals surface area contributed by atoms with E-state index in [4.69, 9.17) is 0 Å². The minimum Gasteiger partial charge on any atom is -0.395 e. The standard InChI is InChI=1S/C36H73NO2/c1-3-5-7-9-11-13-15-17-18-19-21-23-25-27-29-31-33-37-35(34-38)36(39)32-30-28-26-24-22-20-16-14-12-10-8-6-4-2/h17-18,35-39H,3-16,19-34H2,1-2H3/b18-17-/t35-,36+/m0/s1. The van der Waals surface area contributed by atoms with Crippen LogP contribution in [0.25, 0.3) is 0 Å². The molecule has 3 nitrogen and oxygen atoms in total. The highest BCUT2D eigenvalue weighted by atomic mass is 16.3. The lowest BCUT2D eigenvalue weighted by Gasteiger charge is -2.22. The van der Waals surface area contributed by atoms with Crippen molar-refractivity contribution in [3.63, 3.8) is 0 Å². The SMILES string of the molecule is CCCCCCCC/C=C\CCCCCCCCN[C@@H](CO)[C@H](O)CCCCCCCCCCCCCCC. The van der Waals surface area contributed by atoms with E-state index >= 15 is 0 Å². The number of aliphatic hydroxyl groups excluding tert-OH is 2. The molecule has 0 saturated heterocycles. The van der Waals surface area contributed by atoms with Crippen molar-refractivity contribution in [1.82, 2.24) is 5.32 Å². The van der Waals surface area contributed by atoms with E-state index in [0.29, 0.717) is 0 Å². The molecule has 0 aromatic rings. The Hall–Kier alpha value is -0.380. The fourth-order valence-electron chi connectivity index (χ4n) is 5.55. The largest absolute Gasteiger partial charge is 0.395 e. The van der Waals surface area contributed by atoms with Crippen LogP contribution in [-0.2, 0) is 0 Å². The highest BCUT2D eigenvalue weighted by Crippen LogP contribution is 2.14. The first-order valence-electron chi connectivity index (χ1n) is 17.9. The Morgan fingerprint density at radius 1 is 0.487 bits per heavy atom. The van der Waals surface area contributed by atoms with Crippen molar-refractivity contribution in [2.24, 2.45) is 0 Å². The fourth-order valence-corrected chi connectivity index (χ4v) is 5.55. The van der Waals surface area contributed by atoms with Crippen LogP contribution in [0.15, 0.2) is 12.2 Å². The number of hydrogen-bond acceptors (Lipinski definition) is 3. The minimum absolute atomic E-state index is 0.0337. The first kappa shape index (κ1) is 38.6. The van der Waals surface area contributed by atoms with Crippen molar-refractivity contribution in [1.29, 1.82) is 0 Å². The third kappa shape index (κ3) is 30.4. The second kappa shape index (κ2) is 33.8. The predicted molar refractivity (Wildman–Crippen MR) is 175 cm³/mol. The molecule has 0 bridgehead atoms. The Bertz CT molecular complexity index is 467. The van der Waals surface area contributed by atoms with Gasteiger partial charge < -0.3 is 15.5 Å². The van der Waals surface area contributed by atoms with Gasteiger partial charge in [0.25, 0.3) is 0 Å². The van der Waals surface area contributed by atoms with Crippen LogP contribution in [-0.4, -0.2) is 35.5 Å². The van der Waals surface area contributed by atoms with Gasteiger partial charge in [0.2, 0.25) is 0 Å². The second-order valence-corrected chi connectivity index (χ2v) is 12.3. The highest BCUT2D eigenvalue weighted by Gasteiger charge is 2.16. The number of hydrogen-bond donors (Lipinski definition) is 3. The van der Waals surface area contributed by atoms with Gasteiger partial charge in [0.15, 0.2) is 0 Å². The summed E-state index contributed by atoms with van der Waals surface area (Å²) in [5.41, 5.74) is 0. The van der Waals surface area contributed by atoms with Gasteiger partial charge in [-0.1, -0.05) is 167 Å². The van der Waals surface area contributed by atoms with E-state index in [9.17, 15) is 10.2 Å². The maximum Gasteiger partial charge on any atom is 0.0715 e. The Morgan fingerprint density at radius 3 is 1.26 bits per heavy atom. The summed E-state index contributed by atoms with van der Waals surface area (Å²) in [6, 6.07) is -0.162. The van der Waals surface area contributed by atoms with Crippen LogP contribution in [0.2, 0.25) is 0 Å². The van der Waals surface area contributed by atoms with Crippen LogP contribution < -0.4 is 5.32 Å². The quantitative estimate of drug-likeness (QED) is 0.0561. The molecular formula is C36H73NO2. The normalized spacial score (nSPS) is 13.4. The van der Waals surface area contributed by atoms with Gasteiger partial charge >= 0.3 is 0 Å². The number of nitrogens with one attached hydrogen (secondary N) is 1. The predicted octanol–water partition coefficient (Wildman–Crippen LogP) is 10.8. The lowest BCUT2D eigenvalue weighted by Crippen LogP contribution is -2.43. The molecule has 234 valence electrons. The van der Waals surface area contributed by atoms with Gasteiger partial charge in [0, 0.05) is 0 Å². The molecule has 0 rings (SSSR count). The van der Waals surface area contributed by atoms with E-state index < -0.39 is 6.10 Å². The summed E-state index contributed by atoms with van der Waals surface area (Å²) in [4.78, 5) is 0. The molecule has 0 heterocycles. The number of aliphatic hydroxyl groups is 2. The van der Waals surface area contributed by atoms with Crippen LogP contribution >= 0.6 is 0 Å². The molecule has 3 heteroatoms. The van der Waals surface area contributed by atoms with Gasteiger partial charge in [-0.15, -0.1) is 0 Å². The molecule has 0 aliphatic heterocycles. The van der Waals surface area contributed by atoms with E-state index in [0.717, 1.165) is 25.8 Å². The van der Waals surface area contributed by atoms with Crippen molar-refractivity contribution < 1.29 is 10.2 Å². The van der Waals surface area contributed by atoms with Crippen molar-refractivity contribution in [3.8, 4) is 0 Å². The Kier molecular flexibility index (Phi) is 33.5. The summed E-state index contributed by atoms with van der Waals surface area (Å²) in [6.45, 7) is 5.50. The molecule has 0 aromatic carbocycles. The van der Waals surface area contributed by atoms with Crippen LogP contribution in [0, 0.1) is 0 Å². The molecule has 39 heavy (non-hydrogen) atoms. The van der Waals surface area contributed by atoms with Crippen LogP contribution in [0.5, 0.6) is 0 Å². The molecule has 0 aliphatic carbocycles. The first-order chi connectivity index (χ1) is 19.3. The van der Waals surface area contributed by atoms with Gasteiger partial charge in [0.1, 0.15) is 0 Å². The first-order valence-corrected chi connectivity index (χ1v) is 17.9. The average Bonchev–Trinajstić information content (AvgIpc) is 2.95. The summed E-state index contributed by atoms with van der Waals surface area (Å²) in [7, 11) is 0. The molecule has 0 amide bonds. The Balaban J connectivity index is 3.43. The fraction of sp³-hybridized carbons (Fsp3) is 0.944. The summed E-state index contributed by atoms with van der Waals surface area (Å²) < 4.78 is 0. The van der Waals surface area contributed by atoms with Gasteiger partial charge in [-0.25, -0.2) is 0 Å². The Morgan fingerprint density at radius 2 is 0.846 bits per heavy atom. The van der Waals surface area contributed by atoms with E-state index in [2.05, 4.69) is 31.3 Å². The monoisotopic (exact) mass is 552 g/mol. The lowest BCUT2D eigenvalue weighted by molar-refractivity contribution is 0.0810. The van der Waals surface area contributed by atoms with Crippen molar-refractivity contribution in [3.05, 3.63) is 12.2 Å². The van der Waals surface area contributed by atoms with Gasteiger partial charge in [-0.2, -0.15) is 0 Å². The summed E-state index contributed by atoms with van der Waals surface area (Å²) >= 11 is 0. The smallest absolute Gasteiger partial charge is 0.0715 e. The van der Waals surface area contributed by atoms with Crippen molar-refractivity contribution in [2.45, 2.75) is 206 Å². The molecule has 0 aromatic heterocycles. The zero-order valence-corrected chi connectivity index (χ0v) is 26.9. The minimum atomic E-state index is -0.420. The maximum absolute atomic E-state index is 10.5. The van der Waals surface area contributed by atoms with E-state index in [-0.39, 0.29) is 12.6 Å². The van der Waals surface area contributed by atoms with E-state index in [1.54, 1.807) is 0 Å². The van der Waals surface area contributed by atoms with Crippen molar-refractivity contribution >= 4 is 0 Å². The highest BCUT2D eigenvalue weighted by molar-refractivity contribution is 4.81.